The Bertz CT molecular complexity index is 1100. The Morgan fingerprint density at radius 3 is 2.27 bits per heavy atom. The van der Waals surface area contributed by atoms with Crippen molar-refractivity contribution >= 4 is 61.0 Å². The van der Waals surface area contributed by atoms with Gasteiger partial charge in [-0.25, -0.2) is 9.37 Å². The van der Waals surface area contributed by atoms with Gasteiger partial charge < -0.3 is 19.9 Å². The highest BCUT2D eigenvalue weighted by Crippen LogP contribution is 2.30. The van der Waals surface area contributed by atoms with E-state index in [1.165, 1.54) is 12.1 Å². The van der Waals surface area contributed by atoms with Crippen molar-refractivity contribution in [2.75, 3.05) is 41.3 Å². The van der Waals surface area contributed by atoms with Crippen LogP contribution < -0.4 is 19.9 Å². The van der Waals surface area contributed by atoms with Gasteiger partial charge in [-0.1, -0.05) is 6.07 Å². The molecule has 0 bridgehead atoms. The molecule has 6 nitrogen and oxygen atoms in total. The minimum atomic E-state index is -1.36. The first-order chi connectivity index (χ1) is 15.8. The number of rotatable bonds is 6. The second-order valence-corrected chi connectivity index (χ2v) is 10.4. The largest absolute Gasteiger partial charge is 0.459 e. The summed E-state index contributed by atoms with van der Waals surface area (Å²) < 4.78 is 18.3. The summed E-state index contributed by atoms with van der Waals surface area (Å²) in [5, 5.41) is 2.73. The van der Waals surface area contributed by atoms with E-state index in [9.17, 15) is 9.18 Å². The van der Waals surface area contributed by atoms with E-state index in [0.717, 1.165) is 43.8 Å². The van der Waals surface area contributed by atoms with Crippen molar-refractivity contribution in [3.63, 3.8) is 0 Å². The van der Waals surface area contributed by atoms with Crippen molar-refractivity contribution < 1.29 is 13.9 Å². The molecule has 172 valence electrons. The molecule has 0 unspecified atom stereocenters. The number of benzene rings is 2. The predicted octanol–water partition coefficient (Wildman–Crippen LogP) is 4.58. The fourth-order valence-electron chi connectivity index (χ4n) is 3.59. The van der Waals surface area contributed by atoms with Gasteiger partial charge >= 0.3 is 0 Å². The fourth-order valence-corrected chi connectivity index (χ4v) is 3.91. The smallest absolute Gasteiger partial charge is 0.258 e. The first-order valence-electron chi connectivity index (χ1n) is 10.3. The van der Waals surface area contributed by atoms with Crippen molar-refractivity contribution in [3.8, 4) is 5.75 Å². The Labute approximate surface area is 208 Å². The van der Waals surface area contributed by atoms with Crippen LogP contribution in [-0.2, 0) is 0 Å². The van der Waals surface area contributed by atoms with Crippen LogP contribution in [0, 0.1) is 5.82 Å². The molecule has 33 heavy (non-hydrogen) atoms. The van der Waals surface area contributed by atoms with E-state index in [4.69, 9.17) is 4.74 Å². The number of pyridine rings is 1. The summed E-state index contributed by atoms with van der Waals surface area (Å²) in [4.78, 5) is 21.5. The Hall–Kier alpha value is -2.56. The number of anilines is 3. The number of hydrogen-bond donors (Lipinski definition) is 4. The summed E-state index contributed by atoms with van der Waals surface area (Å²) in [7, 11) is 0. The van der Waals surface area contributed by atoms with Gasteiger partial charge in [-0.3, -0.25) is 4.79 Å². The Morgan fingerprint density at radius 1 is 0.970 bits per heavy atom. The summed E-state index contributed by atoms with van der Waals surface area (Å²) in [5.41, 5.74) is 1.55. The van der Waals surface area contributed by atoms with Crippen molar-refractivity contribution in [1.82, 2.24) is 4.98 Å². The van der Waals surface area contributed by atoms with E-state index >= 15 is 0 Å². The molecule has 0 aliphatic carbocycles. The van der Waals surface area contributed by atoms with Crippen LogP contribution in [0.15, 0.2) is 66.9 Å². The normalized spacial score (nSPS) is 14.2. The topological polar surface area (TPSA) is 57.7 Å². The molecule has 1 aromatic heterocycles. The lowest BCUT2D eigenvalue weighted by Gasteiger charge is -2.36. The first-order valence-corrected chi connectivity index (χ1v) is 11.6. The second-order valence-electron chi connectivity index (χ2n) is 7.48. The molecule has 2 heterocycles. The van der Waals surface area contributed by atoms with Crippen molar-refractivity contribution in [2.24, 2.45) is 0 Å². The number of nitrogens with zero attached hydrogens (tertiary/aromatic N) is 3. The molecule has 1 amide bonds. The zero-order chi connectivity index (χ0) is 23.4. The molecule has 0 atom stereocenters. The highest BCUT2D eigenvalue weighted by molar-refractivity contribution is 8.16. The van der Waals surface area contributed by atoms with E-state index in [-0.39, 0.29) is 11.3 Å². The van der Waals surface area contributed by atoms with E-state index in [0.29, 0.717) is 5.69 Å². The average molecular weight is 503 g/mol. The van der Waals surface area contributed by atoms with Crippen LogP contribution in [0.4, 0.5) is 21.6 Å². The van der Waals surface area contributed by atoms with Crippen molar-refractivity contribution in [1.29, 1.82) is 0 Å². The number of carbonyl (C=O) groups is 1. The third kappa shape index (κ3) is 6.27. The van der Waals surface area contributed by atoms with E-state index < -0.39 is 15.3 Å². The summed E-state index contributed by atoms with van der Waals surface area (Å²) in [6, 6.07) is 17.3. The van der Waals surface area contributed by atoms with Crippen LogP contribution in [0.3, 0.4) is 0 Å². The number of thiol groups is 3. The molecule has 1 aliphatic rings. The van der Waals surface area contributed by atoms with Gasteiger partial charge in [0.2, 0.25) is 3.60 Å². The minimum absolute atomic E-state index is 0.0971. The maximum Gasteiger partial charge on any atom is 0.258 e. The summed E-state index contributed by atoms with van der Waals surface area (Å²) >= 11 is 12.0. The van der Waals surface area contributed by atoms with Crippen LogP contribution in [0.5, 0.6) is 5.75 Å². The highest BCUT2D eigenvalue weighted by atomic mass is 32.2. The quantitative estimate of drug-likeness (QED) is 0.294. The SMILES string of the molecule is O=C(Nc1ccc(N2CCN(c3ccccn3)CC2)cc1)c1ccc(OC(S)(S)S)cc1F. The maximum absolute atomic E-state index is 14.4. The van der Waals surface area contributed by atoms with Crippen LogP contribution in [0.1, 0.15) is 10.4 Å². The van der Waals surface area contributed by atoms with Gasteiger partial charge in [0.05, 0.1) is 5.56 Å². The van der Waals surface area contributed by atoms with Crippen LogP contribution in [0.2, 0.25) is 0 Å². The first kappa shape index (κ1) is 23.6. The Balaban J connectivity index is 1.35. The molecule has 2 aromatic carbocycles. The minimum Gasteiger partial charge on any atom is -0.459 e. The molecule has 0 spiro atoms. The molecule has 10 heteroatoms. The van der Waals surface area contributed by atoms with E-state index in [1.54, 1.807) is 6.20 Å². The van der Waals surface area contributed by atoms with Crippen LogP contribution in [0.25, 0.3) is 0 Å². The third-order valence-electron chi connectivity index (χ3n) is 5.18. The highest BCUT2D eigenvalue weighted by Gasteiger charge is 2.20. The molecule has 1 aliphatic heterocycles. The van der Waals surface area contributed by atoms with Gasteiger partial charge in [0, 0.05) is 49.8 Å². The Morgan fingerprint density at radius 2 is 1.67 bits per heavy atom. The van der Waals surface area contributed by atoms with Gasteiger partial charge in [0.25, 0.3) is 5.91 Å². The summed E-state index contributed by atoms with van der Waals surface area (Å²) in [6.07, 6.45) is 1.80. The molecule has 1 fully saturated rings. The molecule has 1 saturated heterocycles. The standard InChI is InChI=1S/C23H23FN4O2S3/c24-20-15-18(30-23(31,32)33)8-9-19(20)22(29)26-16-4-6-17(7-5-16)27-11-13-28(14-12-27)21-3-1-2-10-25-21/h1-10,15,31-33H,11-14H2,(H,26,29). The fraction of sp³-hybridized carbons (Fsp3) is 0.217. The number of amides is 1. The zero-order valence-corrected chi connectivity index (χ0v) is 20.2. The van der Waals surface area contributed by atoms with E-state index in [2.05, 4.69) is 58.0 Å². The number of hydrogen-bond acceptors (Lipinski definition) is 8. The predicted molar refractivity (Wildman–Crippen MR) is 140 cm³/mol. The molecule has 4 rings (SSSR count). The van der Waals surface area contributed by atoms with Gasteiger partial charge in [0.1, 0.15) is 17.4 Å². The number of ether oxygens (including phenoxy) is 1. The molecular formula is C23H23FN4O2S3. The third-order valence-corrected chi connectivity index (χ3v) is 5.46. The van der Waals surface area contributed by atoms with Crippen LogP contribution >= 0.6 is 37.9 Å². The molecule has 0 saturated carbocycles. The second kappa shape index (κ2) is 10.1. The maximum atomic E-state index is 14.4. The lowest BCUT2D eigenvalue weighted by molar-refractivity contribution is 0.102. The molecule has 0 radical (unpaired) electrons. The van der Waals surface area contributed by atoms with Gasteiger partial charge in [-0.2, -0.15) is 0 Å². The number of carbonyl (C=O) groups excluding carboxylic acids is 1. The number of nitrogens with one attached hydrogen (secondary N) is 1. The van der Waals surface area contributed by atoms with Crippen LogP contribution in [-0.4, -0.2) is 40.7 Å². The number of piperazine rings is 1. The van der Waals surface area contributed by atoms with E-state index in [1.807, 2.05) is 42.5 Å². The average Bonchev–Trinajstić information content (AvgIpc) is 2.79. The van der Waals surface area contributed by atoms with Gasteiger partial charge in [-0.15, -0.1) is 37.9 Å². The van der Waals surface area contributed by atoms with Crippen molar-refractivity contribution in [2.45, 2.75) is 3.60 Å². The molecular weight excluding hydrogens is 479 g/mol. The monoisotopic (exact) mass is 502 g/mol. The van der Waals surface area contributed by atoms with Gasteiger partial charge in [-0.05, 0) is 48.5 Å². The number of aromatic nitrogens is 1. The molecule has 1 N–H and O–H groups in total. The Kier molecular flexibility index (Phi) is 7.26. The molecule has 3 aromatic rings. The lowest BCUT2D eigenvalue weighted by Crippen LogP contribution is -2.46. The van der Waals surface area contributed by atoms with Gasteiger partial charge in [0.15, 0.2) is 0 Å². The zero-order valence-electron chi connectivity index (χ0n) is 17.6. The van der Waals surface area contributed by atoms with Crippen molar-refractivity contribution in [3.05, 3.63) is 78.2 Å². The number of halogens is 1. The lowest BCUT2D eigenvalue weighted by atomic mass is 10.1. The summed E-state index contributed by atoms with van der Waals surface area (Å²) in [5.74, 6) is -0.115. The summed E-state index contributed by atoms with van der Waals surface area (Å²) in [6.45, 7) is 3.49.